The average molecular weight is 319 g/mol. The van der Waals surface area contributed by atoms with Gasteiger partial charge in [0.2, 0.25) is 11.8 Å². The van der Waals surface area contributed by atoms with Crippen LogP contribution >= 0.6 is 0 Å². The maximum absolute atomic E-state index is 12.3. The highest BCUT2D eigenvalue weighted by Crippen LogP contribution is 2.22. The van der Waals surface area contributed by atoms with Crippen molar-refractivity contribution >= 4 is 17.5 Å². The van der Waals surface area contributed by atoms with Crippen LogP contribution in [-0.4, -0.2) is 35.8 Å². The number of benzene rings is 1. The lowest BCUT2D eigenvalue weighted by Gasteiger charge is -2.28. The topological polar surface area (TPSA) is 75.4 Å². The number of carbonyl (C=O) groups excluding carboxylic acids is 2. The van der Waals surface area contributed by atoms with Crippen molar-refractivity contribution < 1.29 is 9.59 Å². The maximum Gasteiger partial charge on any atom is 0.243 e. The van der Waals surface area contributed by atoms with Crippen LogP contribution in [0.25, 0.3) is 0 Å². The zero-order chi connectivity index (χ0) is 17.8. The monoisotopic (exact) mass is 319 g/mol. The van der Waals surface area contributed by atoms with Crippen LogP contribution < -0.4 is 11.1 Å². The summed E-state index contributed by atoms with van der Waals surface area (Å²) in [5, 5.41) is 2.90. The molecular weight excluding hydrogens is 290 g/mol. The van der Waals surface area contributed by atoms with Crippen LogP contribution in [0.2, 0.25) is 0 Å². The van der Waals surface area contributed by atoms with Gasteiger partial charge in [-0.05, 0) is 45.2 Å². The van der Waals surface area contributed by atoms with Gasteiger partial charge in [-0.25, -0.2) is 0 Å². The Balaban J connectivity index is 2.76. The van der Waals surface area contributed by atoms with Gasteiger partial charge in [0.1, 0.15) is 0 Å². The van der Waals surface area contributed by atoms with Gasteiger partial charge in [0, 0.05) is 12.7 Å². The largest absolute Gasteiger partial charge is 0.335 e. The van der Waals surface area contributed by atoms with E-state index in [1.807, 2.05) is 39.8 Å². The number of anilines is 1. The Morgan fingerprint density at radius 3 is 2.22 bits per heavy atom. The van der Waals surface area contributed by atoms with Gasteiger partial charge in [0.25, 0.3) is 0 Å². The maximum atomic E-state index is 12.3. The van der Waals surface area contributed by atoms with Crippen LogP contribution in [0.1, 0.15) is 43.4 Å². The van der Waals surface area contributed by atoms with Crippen molar-refractivity contribution in [2.24, 2.45) is 5.73 Å². The Hall–Kier alpha value is -1.88. The summed E-state index contributed by atoms with van der Waals surface area (Å²) in [4.78, 5) is 26.0. The summed E-state index contributed by atoms with van der Waals surface area (Å²) in [6.07, 6.45) is 1.41. The lowest BCUT2D eigenvalue weighted by atomic mass is 9.96. The number of hydrogen-bond donors (Lipinski definition) is 2. The number of aryl methyl sites for hydroxylation is 3. The Morgan fingerprint density at radius 2 is 1.74 bits per heavy atom. The molecule has 1 unspecified atom stereocenters. The van der Waals surface area contributed by atoms with Gasteiger partial charge in [-0.15, -0.1) is 0 Å². The number of nitrogens with one attached hydrogen (secondary N) is 1. The van der Waals surface area contributed by atoms with Crippen molar-refractivity contribution in [3.05, 3.63) is 28.8 Å². The number of amides is 2. The van der Waals surface area contributed by atoms with E-state index < -0.39 is 5.54 Å². The first-order valence-electron chi connectivity index (χ1n) is 8.00. The van der Waals surface area contributed by atoms with E-state index in [-0.39, 0.29) is 18.4 Å². The summed E-state index contributed by atoms with van der Waals surface area (Å²) < 4.78 is 0. The van der Waals surface area contributed by atoms with Gasteiger partial charge in [-0.3, -0.25) is 9.59 Å². The molecule has 5 heteroatoms. The minimum Gasteiger partial charge on any atom is -0.335 e. The molecule has 0 aliphatic heterocycles. The second-order valence-corrected chi connectivity index (χ2v) is 6.65. The fraction of sp³-hybridized carbons (Fsp3) is 0.556. The van der Waals surface area contributed by atoms with Gasteiger partial charge in [-0.2, -0.15) is 0 Å². The first-order valence-corrected chi connectivity index (χ1v) is 8.00. The van der Waals surface area contributed by atoms with Crippen LogP contribution in [0, 0.1) is 20.8 Å². The normalized spacial score (nSPS) is 13.3. The molecule has 128 valence electrons. The molecular formula is C18H29N3O2. The zero-order valence-electron chi connectivity index (χ0n) is 15.1. The smallest absolute Gasteiger partial charge is 0.243 e. The Bertz CT molecular complexity index is 571. The molecule has 5 nitrogen and oxygen atoms in total. The number of rotatable bonds is 6. The van der Waals surface area contributed by atoms with Crippen LogP contribution in [-0.2, 0) is 9.59 Å². The summed E-state index contributed by atoms with van der Waals surface area (Å²) in [6, 6.07) is 4.05. The van der Waals surface area contributed by atoms with E-state index in [0.29, 0.717) is 6.42 Å². The fourth-order valence-corrected chi connectivity index (χ4v) is 2.91. The second-order valence-electron chi connectivity index (χ2n) is 6.65. The lowest BCUT2D eigenvalue weighted by Crippen LogP contribution is -2.53. The zero-order valence-corrected chi connectivity index (χ0v) is 15.1. The predicted octanol–water partition coefficient (Wildman–Crippen LogP) is 2.53. The molecule has 23 heavy (non-hydrogen) atoms. The summed E-state index contributed by atoms with van der Waals surface area (Å²) in [6.45, 7) is 9.62. The summed E-state index contributed by atoms with van der Waals surface area (Å²) in [5.74, 6) is -0.435. The molecule has 1 aromatic carbocycles. The van der Waals surface area contributed by atoms with E-state index in [9.17, 15) is 9.59 Å². The highest BCUT2D eigenvalue weighted by Gasteiger charge is 2.30. The number of nitrogens with two attached hydrogens (primary N) is 1. The van der Waals surface area contributed by atoms with Gasteiger partial charge in [0.15, 0.2) is 0 Å². The molecule has 0 aliphatic carbocycles. The quantitative estimate of drug-likeness (QED) is 0.846. The fourth-order valence-electron chi connectivity index (χ4n) is 2.91. The van der Waals surface area contributed by atoms with Gasteiger partial charge >= 0.3 is 0 Å². The molecule has 0 heterocycles. The molecule has 0 aliphatic rings. The van der Waals surface area contributed by atoms with Crippen molar-refractivity contribution in [1.29, 1.82) is 0 Å². The molecule has 0 spiro atoms. The predicted molar refractivity (Wildman–Crippen MR) is 94.4 cm³/mol. The van der Waals surface area contributed by atoms with Gasteiger partial charge in [0.05, 0.1) is 12.1 Å². The Kier molecular flexibility index (Phi) is 6.33. The van der Waals surface area contributed by atoms with E-state index >= 15 is 0 Å². The Labute approximate surface area is 139 Å². The van der Waals surface area contributed by atoms with Crippen molar-refractivity contribution in [2.75, 3.05) is 18.9 Å². The number of hydrogen-bond acceptors (Lipinski definition) is 3. The summed E-state index contributed by atoms with van der Waals surface area (Å²) in [7, 11) is 1.61. The third-order valence-electron chi connectivity index (χ3n) is 3.93. The molecule has 0 bridgehead atoms. The van der Waals surface area contributed by atoms with Gasteiger partial charge < -0.3 is 16.0 Å². The van der Waals surface area contributed by atoms with E-state index in [1.165, 1.54) is 4.90 Å². The highest BCUT2D eigenvalue weighted by atomic mass is 16.2. The molecule has 0 radical (unpaired) electrons. The Morgan fingerprint density at radius 1 is 1.22 bits per heavy atom. The van der Waals surface area contributed by atoms with E-state index in [0.717, 1.165) is 28.8 Å². The van der Waals surface area contributed by atoms with Crippen LogP contribution in [0.15, 0.2) is 12.1 Å². The van der Waals surface area contributed by atoms with Gasteiger partial charge in [-0.1, -0.05) is 31.0 Å². The molecule has 0 fully saturated rings. The standard InChI is InChI=1S/C18H29N3O2/c1-7-8-18(5,19)17(23)21(6)11-15(22)20-16-13(3)9-12(2)10-14(16)4/h9-10H,7-8,11,19H2,1-6H3,(H,20,22). The minimum atomic E-state index is -0.931. The van der Waals surface area contributed by atoms with E-state index in [2.05, 4.69) is 5.32 Å². The summed E-state index contributed by atoms with van der Waals surface area (Å²) in [5.41, 5.74) is 9.10. The third-order valence-corrected chi connectivity index (χ3v) is 3.93. The number of nitrogens with zero attached hydrogens (tertiary/aromatic N) is 1. The highest BCUT2D eigenvalue weighted by molar-refractivity contribution is 5.97. The molecule has 0 aromatic heterocycles. The van der Waals surface area contributed by atoms with E-state index in [1.54, 1.807) is 14.0 Å². The first kappa shape index (κ1) is 19.2. The SMILES string of the molecule is CCCC(C)(N)C(=O)N(C)CC(=O)Nc1c(C)cc(C)cc1C. The molecule has 3 N–H and O–H groups in total. The first-order chi connectivity index (χ1) is 10.6. The molecule has 2 amide bonds. The molecule has 1 atom stereocenters. The van der Waals surface area contributed by atoms with Crippen molar-refractivity contribution in [3.63, 3.8) is 0 Å². The third kappa shape index (κ3) is 5.06. The summed E-state index contributed by atoms with van der Waals surface area (Å²) >= 11 is 0. The van der Waals surface area contributed by atoms with Crippen LogP contribution in [0.4, 0.5) is 5.69 Å². The molecule has 0 saturated carbocycles. The van der Waals surface area contributed by atoms with Crippen LogP contribution in [0.5, 0.6) is 0 Å². The molecule has 1 aromatic rings. The van der Waals surface area contributed by atoms with E-state index in [4.69, 9.17) is 5.73 Å². The lowest BCUT2D eigenvalue weighted by molar-refractivity contribution is -0.137. The molecule has 0 saturated heterocycles. The minimum absolute atomic E-state index is 0.0118. The molecule has 1 rings (SSSR count). The number of carbonyl (C=O) groups is 2. The van der Waals surface area contributed by atoms with Crippen molar-refractivity contribution in [2.45, 2.75) is 53.0 Å². The van der Waals surface area contributed by atoms with Crippen molar-refractivity contribution in [1.82, 2.24) is 4.90 Å². The van der Waals surface area contributed by atoms with Crippen molar-refractivity contribution in [3.8, 4) is 0 Å². The average Bonchev–Trinajstić information content (AvgIpc) is 2.41. The van der Waals surface area contributed by atoms with Crippen LogP contribution in [0.3, 0.4) is 0 Å². The number of likely N-dealkylation sites (N-methyl/N-ethyl adjacent to an activating group) is 1. The second kappa shape index (κ2) is 7.59.